The number of nitrogens with one attached hydrogen (secondary N) is 1. The molecule has 3 rings (SSSR count). The topological polar surface area (TPSA) is 65.4 Å². The van der Waals surface area contributed by atoms with E-state index >= 15 is 0 Å². The molecule has 0 aliphatic rings. The van der Waals surface area contributed by atoms with Crippen LogP contribution in [-0.4, -0.2) is 35.7 Å². The Morgan fingerprint density at radius 2 is 1.80 bits per heavy atom. The molecule has 1 heterocycles. The first-order valence-corrected chi connectivity index (χ1v) is 10.7. The second kappa shape index (κ2) is 11.2. The maximum Gasteiger partial charge on any atom is 0.219 e. The molecular formula is C24H31N3O3. The van der Waals surface area contributed by atoms with Crippen molar-refractivity contribution in [1.29, 1.82) is 0 Å². The highest BCUT2D eigenvalue weighted by atomic mass is 16.5. The maximum atomic E-state index is 11.3. The van der Waals surface area contributed by atoms with Crippen LogP contribution >= 0.6 is 0 Å². The van der Waals surface area contributed by atoms with Gasteiger partial charge in [0.25, 0.3) is 0 Å². The lowest BCUT2D eigenvalue weighted by Crippen LogP contribution is -2.23. The number of carbonyl (C=O) groups is 1. The Balaban J connectivity index is 1.58. The summed E-state index contributed by atoms with van der Waals surface area (Å²) >= 11 is 0. The molecule has 6 nitrogen and oxygen atoms in total. The first kappa shape index (κ1) is 21.7. The fourth-order valence-corrected chi connectivity index (χ4v) is 3.49. The zero-order valence-corrected chi connectivity index (χ0v) is 17.9. The van der Waals surface area contributed by atoms with Crippen molar-refractivity contribution in [2.75, 3.05) is 20.3 Å². The molecule has 30 heavy (non-hydrogen) atoms. The molecule has 0 unspecified atom stereocenters. The van der Waals surface area contributed by atoms with Crippen molar-refractivity contribution in [3.05, 3.63) is 54.4 Å². The number of amides is 1. The minimum absolute atomic E-state index is 0.117. The van der Waals surface area contributed by atoms with Crippen LogP contribution in [0, 0.1) is 0 Å². The van der Waals surface area contributed by atoms with Crippen LogP contribution in [0.3, 0.4) is 0 Å². The Morgan fingerprint density at radius 1 is 1.03 bits per heavy atom. The minimum Gasteiger partial charge on any atom is -0.493 e. The number of hydrogen-bond donors (Lipinski definition) is 1. The van der Waals surface area contributed by atoms with Crippen molar-refractivity contribution in [3.63, 3.8) is 0 Å². The summed E-state index contributed by atoms with van der Waals surface area (Å²) in [5, 5.41) is 2.93. The minimum atomic E-state index is 0.117. The zero-order chi connectivity index (χ0) is 21.2. The van der Waals surface area contributed by atoms with E-state index in [2.05, 4.69) is 22.0 Å². The molecule has 1 amide bonds. The first-order chi connectivity index (χ1) is 14.7. The van der Waals surface area contributed by atoms with Gasteiger partial charge in [-0.3, -0.25) is 4.79 Å². The van der Waals surface area contributed by atoms with E-state index in [0.29, 0.717) is 13.0 Å². The van der Waals surface area contributed by atoms with Gasteiger partial charge in [-0.25, -0.2) is 4.98 Å². The molecule has 0 saturated heterocycles. The largest absolute Gasteiger partial charge is 0.493 e. The van der Waals surface area contributed by atoms with E-state index in [0.717, 1.165) is 67.1 Å². The van der Waals surface area contributed by atoms with Crippen molar-refractivity contribution in [1.82, 2.24) is 14.9 Å². The average molecular weight is 410 g/mol. The van der Waals surface area contributed by atoms with Gasteiger partial charge in [-0.1, -0.05) is 37.6 Å². The number of benzene rings is 2. The van der Waals surface area contributed by atoms with Crippen LogP contribution in [0.5, 0.6) is 11.5 Å². The monoisotopic (exact) mass is 409 g/mol. The van der Waals surface area contributed by atoms with Crippen LogP contribution in [0.2, 0.25) is 0 Å². The van der Waals surface area contributed by atoms with Crippen LogP contribution in [0.15, 0.2) is 48.5 Å². The summed E-state index contributed by atoms with van der Waals surface area (Å²) in [6.45, 7) is 3.88. The molecule has 6 heteroatoms. The molecule has 160 valence electrons. The molecule has 0 bridgehead atoms. The van der Waals surface area contributed by atoms with Gasteiger partial charge in [0.2, 0.25) is 5.91 Å². The smallest absolute Gasteiger partial charge is 0.219 e. The van der Waals surface area contributed by atoms with Crippen LogP contribution in [0.1, 0.15) is 38.4 Å². The Labute approximate surface area is 178 Å². The second-order valence-corrected chi connectivity index (χ2v) is 7.18. The number of ether oxygens (including phenoxy) is 2. The number of nitrogens with zero attached hydrogens (tertiary/aromatic N) is 2. The van der Waals surface area contributed by atoms with Gasteiger partial charge in [0.05, 0.1) is 24.7 Å². The molecule has 0 saturated carbocycles. The van der Waals surface area contributed by atoms with Crippen molar-refractivity contribution >= 4 is 16.9 Å². The summed E-state index contributed by atoms with van der Waals surface area (Å²) in [7, 11) is 1.65. The van der Waals surface area contributed by atoms with Crippen LogP contribution in [-0.2, 0) is 17.8 Å². The number of aromatic nitrogens is 2. The normalized spacial score (nSPS) is 10.9. The highest BCUT2D eigenvalue weighted by molar-refractivity contribution is 5.76. The van der Waals surface area contributed by atoms with E-state index in [4.69, 9.17) is 14.5 Å². The highest BCUT2D eigenvalue weighted by Gasteiger charge is 2.11. The van der Waals surface area contributed by atoms with Gasteiger partial charge in [-0.05, 0) is 37.1 Å². The summed E-state index contributed by atoms with van der Waals surface area (Å²) in [5.74, 6) is 2.69. The molecule has 0 spiro atoms. The Hall–Kier alpha value is -3.02. The maximum absolute atomic E-state index is 11.3. The molecule has 0 fully saturated rings. The first-order valence-electron chi connectivity index (χ1n) is 10.7. The third-order valence-corrected chi connectivity index (χ3v) is 5.10. The molecule has 1 N–H and O–H groups in total. The summed E-state index contributed by atoms with van der Waals surface area (Å²) in [4.78, 5) is 16.2. The number of unbranched alkanes of at least 4 members (excludes halogenated alkanes) is 2. The predicted molar refractivity (Wildman–Crippen MR) is 119 cm³/mol. The second-order valence-electron chi connectivity index (χ2n) is 7.18. The third kappa shape index (κ3) is 5.75. The fraction of sp³-hybridized carbons (Fsp3) is 0.417. The van der Waals surface area contributed by atoms with Crippen molar-refractivity contribution in [3.8, 4) is 11.5 Å². The van der Waals surface area contributed by atoms with Crippen molar-refractivity contribution in [2.24, 2.45) is 0 Å². The Morgan fingerprint density at radius 3 is 2.60 bits per heavy atom. The Bertz CT molecular complexity index is 952. The van der Waals surface area contributed by atoms with Gasteiger partial charge < -0.3 is 19.4 Å². The molecule has 1 aromatic heterocycles. The number of hydrogen-bond acceptors (Lipinski definition) is 4. The van der Waals surface area contributed by atoms with E-state index in [1.165, 1.54) is 0 Å². The molecule has 0 aliphatic carbocycles. The number of carbonyl (C=O) groups excluding carboxylic acids is 1. The lowest BCUT2D eigenvalue weighted by molar-refractivity contribution is -0.120. The predicted octanol–water partition coefficient (Wildman–Crippen LogP) is 4.36. The fourth-order valence-electron chi connectivity index (χ4n) is 3.49. The zero-order valence-electron chi connectivity index (χ0n) is 17.9. The highest BCUT2D eigenvalue weighted by Crippen LogP contribution is 2.26. The standard InChI is InChI=1S/C24H31N3O3/c1-3-24(28)25-16-10-4-5-15-23-26-19-11-6-7-12-20(19)27(23)17-18-30-22-14-9-8-13-21(22)29-2/h6-9,11-14H,3-5,10,15-18H2,1-2H3,(H,25,28). The van der Waals surface area contributed by atoms with E-state index in [-0.39, 0.29) is 5.91 Å². The van der Waals surface area contributed by atoms with Gasteiger partial charge in [0.15, 0.2) is 11.5 Å². The average Bonchev–Trinajstić information content (AvgIpc) is 3.13. The van der Waals surface area contributed by atoms with Gasteiger partial charge in [0, 0.05) is 19.4 Å². The number of imidazole rings is 1. The number of para-hydroxylation sites is 4. The number of fused-ring (bicyclic) bond motifs is 1. The summed E-state index contributed by atoms with van der Waals surface area (Å²) < 4.78 is 13.6. The summed E-state index contributed by atoms with van der Waals surface area (Å²) in [6, 6.07) is 15.9. The lowest BCUT2D eigenvalue weighted by atomic mass is 10.2. The molecule has 3 aromatic rings. The number of methoxy groups -OCH3 is 1. The van der Waals surface area contributed by atoms with Crippen LogP contribution in [0.25, 0.3) is 11.0 Å². The molecule has 2 aromatic carbocycles. The Kier molecular flexibility index (Phi) is 8.12. The molecular weight excluding hydrogens is 378 g/mol. The third-order valence-electron chi connectivity index (χ3n) is 5.10. The molecule has 0 aliphatic heterocycles. The van der Waals surface area contributed by atoms with Gasteiger partial charge in [-0.2, -0.15) is 0 Å². The number of aryl methyl sites for hydroxylation is 1. The van der Waals surface area contributed by atoms with E-state index < -0.39 is 0 Å². The van der Waals surface area contributed by atoms with Crippen molar-refractivity contribution in [2.45, 2.75) is 45.6 Å². The lowest BCUT2D eigenvalue weighted by Gasteiger charge is -2.13. The molecule has 0 atom stereocenters. The van der Waals surface area contributed by atoms with Crippen LogP contribution in [0.4, 0.5) is 0 Å². The SMILES string of the molecule is CCC(=O)NCCCCCc1nc2ccccc2n1CCOc1ccccc1OC. The summed E-state index contributed by atoms with van der Waals surface area (Å²) in [6.07, 6.45) is 4.54. The van der Waals surface area contributed by atoms with E-state index in [9.17, 15) is 4.79 Å². The summed E-state index contributed by atoms with van der Waals surface area (Å²) in [5.41, 5.74) is 2.14. The van der Waals surface area contributed by atoms with Gasteiger partial charge >= 0.3 is 0 Å². The van der Waals surface area contributed by atoms with Crippen molar-refractivity contribution < 1.29 is 14.3 Å². The van der Waals surface area contributed by atoms with E-state index in [1.54, 1.807) is 7.11 Å². The van der Waals surface area contributed by atoms with Crippen LogP contribution < -0.4 is 14.8 Å². The van der Waals surface area contributed by atoms with Gasteiger partial charge in [-0.15, -0.1) is 0 Å². The van der Waals surface area contributed by atoms with E-state index in [1.807, 2.05) is 43.3 Å². The van der Waals surface area contributed by atoms with Gasteiger partial charge in [0.1, 0.15) is 12.4 Å². The molecule has 0 radical (unpaired) electrons. The number of rotatable bonds is 12. The quantitative estimate of drug-likeness (QED) is 0.451.